The second-order valence-corrected chi connectivity index (χ2v) is 5.45. The van der Waals surface area contributed by atoms with Crippen molar-refractivity contribution in [1.82, 2.24) is 4.98 Å². The fourth-order valence-corrected chi connectivity index (χ4v) is 2.00. The van der Waals surface area contributed by atoms with Crippen LogP contribution in [0.1, 0.15) is 36.6 Å². The monoisotopic (exact) mass is 310 g/mol. The number of aromatic nitrogens is 1. The van der Waals surface area contributed by atoms with Crippen molar-refractivity contribution in [3.05, 3.63) is 57.4 Å². The molecule has 2 aromatic rings. The second-order valence-electron chi connectivity index (χ2n) is 5.45. The van der Waals surface area contributed by atoms with Crippen molar-refractivity contribution in [2.75, 3.05) is 5.32 Å². The van der Waals surface area contributed by atoms with Gasteiger partial charge in [-0.25, -0.2) is 0 Å². The van der Waals surface area contributed by atoms with E-state index in [2.05, 4.69) is 10.3 Å². The van der Waals surface area contributed by atoms with E-state index in [9.17, 15) is 18.0 Å². The molecule has 0 saturated carbocycles. The Kier molecular flexibility index (Phi) is 4.30. The number of rotatable bonds is 3. The summed E-state index contributed by atoms with van der Waals surface area (Å²) in [7, 11) is 0. The van der Waals surface area contributed by atoms with Crippen LogP contribution in [0.15, 0.2) is 35.1 Å². The molecular weight excluding hydrogens is 293 g/mol. The maximum Gasteiger partial charge on any atom is 0.416 e. The smallest absolute Gasteiger partial charge is 0.345 e. The zero-order valence-corrected chi connectivity index (χ0v) is 12.5. The molecule has 1 aromatic carbocycles. The van der Waals surface area contributed by atoms with Gasteiger partial charge >= 0.3 is 6.18 Å². The van der Waals surface area contributed by atoms with E-state index in [1.165, 1.54) is 18.2 Å². The minimum atomic E-state index is -4.40. The lowest BCUT2D eigenvalue weighted by Crippen LogP contribution is -2.13. The predicted octanol–water partition coefficient (Wildman–Crippen LogP) is 4.57. The summed E-state index contributed by atoms with van der Waals surface area (Å²) in [5, 5.41) is 2.87. The quantitative estimate of drug-likeness (QED) is 0.872. The van der Waals surface area contributed by atoms with Gasteiger partial charge in [-0.15, -0.1) is 0 Å². The first-order chi connectivity index (χ1) is 10.2. The normalized spacial score (nSPS) is 11.8. The summed E-state index contributed by atoms with van der Waals surface area (Å²) >= 11 is 0. The summed E-state index contributed by atoms with van der Waals surface area (Å²) in [5.74, 6) is 0.519. The predicted molar refractivity (Wildman–Crippen MR) is 80.6 cm³/mol. The second kappa shape index (κ2) is 5.87. The van der Waals surface area contributed by atoms with Gasteiger partial charge in [0, 0.05) is 23.0 Å². The highest BCUT2D eigenvalue weighted by Gasteiger charge is 2.30. The van der Waals surface area contributed by atoms with Crippen LogP contribution in [0.25, 0.3) is 0 Å². The number of alkyl halides is 3. The van der Waals surface area contributed by atoms with Gasteiger partial charge in [-0.1, -0.05) is 19.9 Å². The number of benzene rings is 1. The maximum absolute atomic E-state index is 12.7. The Morgan fingerprint density at radius 1 is 1.18 bits per heavy atom. The summed E-state index contributed by atoms with van der Waals surface area (Å²) in [6.45, 7) is 5.47. The largest absolute Gasteiger partial charge is 0.416 e. The van der Waals surface area contributed by atoms with Crippen molar-refractivity contribution >= 4 is 11.5 Å². The first-order valence-electron chi connectivity index (χ1n) is 6.86. The Labute approximate surface area is 126 Å². The van der Waals surface area contributed by atoms with Gasteiger partial charge in [0.2, 0.25) is 0 Å². The van der Waals surface area contributed by atoms with Gasteiger partial charge in [0.15, 0.2) is 5.43 Å². The third kappa shape index (κ3) is 3.50. The Balaban J connectivity index is 2.41. The summed E-state index contributed by atoms with van der Waals surface area (Å²) < 4.78 is 38.2. The van der Waals surface area contributed by atoms with Crippen LogP contribution in [-0.2, 0) is 6.18 Å². The van der Waals surface area contributed by atoms with Crippen molar-refractivity contribution in [1.29, 1.82) is 0 Å². The highest BCUT2D eigenvalue weighted by atomic mass is 19.4. The molecule has 0 unspecified atom stereocenters. The maximum atomic E-state index is 12.7. The Morgan fingerprint density at radius 2 is 1.86 bits per heavy atom. The van der Waals surface area contributed by atoms with Crippen molar-refractivity contribution in [3.63, 3.8) is 0 Å². The van der Waals surface area contributed by atoms with Crippen LogP contribution < -0.4 is 10.7 Å². The van der Waals surface area contributed by atoms with E-state index < -0.39 is 11.7 Å². The lowest BCUT2D eigenvalue weighted by atomic mass is 10.1. The molecule has 118 valence electrons. The molecule has 3 nitrogen and oxygen atoms in total. The molecule has 0 aliphatic heterocycles. The lowest BCUT2D eigenvalue weighted by molar-refractivity contribution is -0.137. The number of pyridine rings is 1. The summed E-state index contributed by atoms with van der Waals surface area (Å²) in [5.41, 5.74) is 0.538. The molecule has 22 heavy (non-hydrogen) atoms. The van der Waals surface area contributed by atoms with Gasteiger partial charge in [0.05, 0.1) is 5.56 Å². The Hall–Kier alpha value is -2.24. The molecule has 0 saturated heterocycles. The van der Waals surface area contributed by atoms with Gasteiger partial charge in [-0.2, -0.15) is 13.2 Å². The molecule has 0 radical (unpaired) electrons. The summed E-state index contributed by atoms with van der Waals surface area (Å²) in [6.07, 6.45) is -4.40. The van der Waals surface area contributed by atoms with E-state index >= 15 is 0 Å². The van der Waals surface area contributed by atoms with Crippen LogP contribution in [0, 0.1) is 6.92 Å². The highest BCUT2D eigenvalue weighted by Crippen LogP contribution is 2.31. The average Bonchev–Trinajstić information content (AvgIpc) is 2.43. The summed E-state index contributed by atoms with van der Waals surface area (Å²) in [6, 6.07) is 6.38. The molecule has 0 amide bonds. The van der Waals surface area contributed by atoms with Crippen LogP contribution >= 0.6 is 0 Å². The third-order valence-electron chi connectivity index (χ3n) is 3.38. The van der Waals surface area contributed by atoms with Gasteiger partial charge in [0.25, 0.3) is 0 Å². The topological polar surface area (TPSA) is 44.9 Å². The number of hydrogen-bond donors (Lipinski definition) is 2. The van der Waals surface area contributed by atoms with E-state index in [4.69, 9.17) is 0 Å². The van der Waals surface area contributed by atoms with Crippen molar-refractivity contribution in [2.45, 2.75) is 32.9 Å². The molecule has 0 fully saturated rings. The standard InChI is InChI=1S/C16H17F3N2O/c1-9(2)13-8-14(22)10(3)15(21-13)20-12-6-4-5-11(7-12)16(17,18)19/h4-9H,1-3H3,(H2,20,21,22). The molecule has 2 rings (SSSR count). The van der Waals surface area contributed by atoms with Gasteiger partial charge in [-0.05, 0) is 31.0 Å². The van der Waals surface area contributed by atoms with Crippen LogP contribution in [0.3, 0.4) is 0 Å². The van der Waals surface area contributed by atoms with E-state index in [1.54, 1.807) is 6.92 Å². The SMILES string of the molecule is Cc1c(Nc2cccc(C(F)(F)F)c2)[nH]c(C(C)C)cc1=O. The average molecular weight is 310 g/mol. The van der Waals surface area contributed by atoms with Crippen molar-refractivity contribution < 1.29 is 13.2 Å². The third-order valence-corrected chi connectivity index (χ3v) is 3.38. The minimum absolute atomic E-state index is 0.107. The van der Waals surface area contributed by atoms with Gasteiger partial charge in [0.1, 0.15) is 5.82 Å². The van der Waals surface area contributed by atoms with Gasteiger partial charge < -0.3 is 10.3 Å². The lowest BCUT2D eigenvalue weighted by Gasteiger charge is -2.14. The molecule has 6 heteroatoms. The van der Waals surface area contributed by atoms with E-state index in [0.717, 1.165) is 17.8 Å². The van der Waals surface area contributed by atoms with Crippen LogP contribution in [0.2, 0.25) is 0 Å². The van der Waals surface area contributed by atoms with Crippen molar-refractivity contribution in [2.24, 2.45) is 0 Å². The summed E-state index contributed by atoms with van der Waals surface area (Å²) in [4.78, 5) is 15.0. The zero-order chi connectivity index (χ0) is 16.5. The number of anilines is 2. The van der Waals surface area contributed by atoms with E-state index in [0.29, 0.717) is 11.4 Å². The van der Waals surface area contributed by atoms with Gasteiger partial charge in [-0.3, -0.25) is 4.79 Å². The molecule has 0 atom stereocenters. The number of aromatic amines is 1. The molecule has 0 aliphatic carbocycles. The Morgan fingerprint density at radius 3 is 2.45 bits per heavy atom. The molecular formula is C16H17F3N2O. The number of hydrogen-bond acceptors (Lipinski definition) is 2. The number of halogens is 3. The number of H-pyrrole nitrogens is 1. The van der Waals surface area contributed by atoms with Crippen molar-refractivity contribution in [3.8, 4) is 0 Å². The Bertz CT molecular complexity index is 733. The zero-order valence-electron chi connectivity index (χ0n) is 12.5. The highest BCUT2D eigenvalue weighted by molar-refractivity contribution is 5.60. The fourth-order valence-electron chi connectivity index (χ4n) is 2.00. The van der Waals surface area contributed by atoms with Crippen LogP contribution in [-0.4, -0.2) is 4.98 Å². The molecule has 1 heterocycles. The first kappa shape index (κ1) is 16.1. The number of nitrogens with one attached hydrogen (secondary N) is 2. The molecule has 2 N–H and O–H groups in total. The molecule has 0 aliphatic rings. The minimum Gasteiger partial charge on any atom is -0.345 e. The first-order valence-corrected chi connectivity index (χ1v) is 6.86. The molecule has 1 aromatic heterocycles. The fraction of sp³-hybridized carbons (Fsp3) is 0.312. The van der Waals surface area contributed by atoms with Crippen LogP contribution in [0.4, 0.5) is 24.7 Å². The molecule has 0 bridgehead atoms. The van der Waals surface area contributed by atoms with E-state index in [1.807, 2.05) is 13.8 Å². The van der Waals surface area contributed by atoms with E-state index in [-0.39, 0.29) is 17.0 Å². The molecule has 0 spiro atoms. The van der Waals surface area contributed by atoms with Crippen LogP contribution in [0.5, 0.6) is 0 Å².